The molecule has 1 N–H and O–H groups in total. The molecule has 7 heteroatoms. The maximum absolute atomic E-state index is 11.1. The van der Waals surface area contributed by atoms with Crippen LogP contribution >= 0.6 is 11.3 Å². The molecule has 0 aliphatic heterocycles. The monoisotopic (exact) mass is 294 g/mol. The molecule has 0 spiro atoms. The highest BCUT2D eigenvalue weighted by Gasteiger charge is 2.18. The number of carboxylic acids is 1. The summed E-state index contributed by atoms with van der Waals surface area (Å²) >= 11 is 1.64. The van der Waals surface area contributed by atoms with Gasteiger partial charge in [0.05, 0.1) is 22.9 Å². The standard InChI is InChI=1S/C13H18N4O2S/c1-3-5-10-12(13(18)19)15-16-17(10)7-9-8-20-11(14-9)6-4-2/h8H,3-7H2,1-2H3,(H,18,19). The van der Waals surface area contributed by atoms with Crippen LogP contribution in [0, 0.1) is 0 Å². The van der Waals surface area contributed by atoms with Crippen LogP contribution in [0.4, 0.5) is 0 Å². The summed E-state index contributed by atoms with van der Waals surface area (Å²) in [6.45, 7) is 4.61. The van der Waals surface area contributed by atoms with Gasteiger partial charge in [-0.1, -0.05) is 25.5 Å². The minimum absolute atomic E-state index is 0.0517. The van der Waals surface area contributed by atoms with Gasteiger partial charge in [0.2, 0.25) is 0 Å². The maximum atomic E-state index is 11.1. The van der Waals surface area contributed by atoms with E-state index >= 15 is 0 Å². The van der Waals surface area contributed by atoms with Crippen LogP contribution in [-0.2, 0) is 19.4 Å². The van der Waals surface area contributed by atoms with Gasteiger partial charge in [0, 0.05) is 5.38 Å². The minimum atomic E-state index is -1.02. The molecule has 20 heavy (non-hydrogen) atoms. The number of carboxylic acid groups (broad SMARTS) is 1. The number of aryl methyl sites for hydroxylation is 1. The summed E-state index contributed by atoms with van der Waals surface area (Å²) in [5.41, 5.74) is 1.64. The fourth-order valence-electron chi connectivity index (χ4n) is 2.01. The average Bonchev–Trinajstić information content (AvgIpc) is 2.99. The van der Waals surface area contributed by atoms with E-state index in [-0.39, 0.29) is 5.69 Å². The Morgan fingerprint density at radius 1 is 1.35 bits per heavy atom. The lowest BCUT2D eigenvalue weighted by atomic mass is 10.2. The van der Waals surface area contributed by atoms with E-state index in [2.05, 4.69) is 22.2 Å². The quantitative estimate of drug-likeness (QED) is 0.848. The third kappa shape index (κ3) is 3.22. The number of aromatic nitrogens is 4. The zero-order valence-corrected chi connectivity index (χ0v) is 12.5. The topological polar surface area (TPSA) is 80.9 Å². The normalized spacial score (nSPS) is 10.9. The van der Waals surface area contributed by atoms with Gasteiger partial charge in [0.1, 0.15) is 0 Å². The third-order valence-corrected chi connectivity index (χ3v) is 3.86. The molecule has 108 valence electrons. The predicted octanol–water partition coefficient (Wildman–Crippen LogP) is 2.39. The molecule has 2 rings (SSSR count). The van der Waals surface area contributed by atoms with Crippen molar-refractivity contribution in [3.63, 3.8) is 0 Å². The Morgan fingerprint density at radius 3 is 2.75 bits per heavy atom. The summed E-state index contributed by atoms with van der Waals surface area (Å²) in [5, 5.41) is 19.9. The lowest BCUT2D eigenvalue weighted by molar-refractivity contribution is 0.0689. The molecule has 6 nitrogen and oxygen atoms in total. The van der Waals surface area contributed by atoms with E-state index in [4.69, 9.17) is 5.11 Å². The fraction of sp³-hybridized carbons (Fsp3) is 0.538. The van der Waals surface area contributed by atoms with Crippen molar-refractivity contribution in [3.05, 3.63) is 27.5 Å². The molecule has 0 unspecified atom stereocenters. The van der Waals surface area contributed by atoms with Crippen molar-refractivity contribution < 1.29 is 9.90 Å². The SMILES string of the molecule is CCCc1nc(Cn2nnc(C(=O)O)c2CCC)cs1. The number of nitrogens with zero attached hydrogens (tertiary/aromatic N) is 4. The first-order valence-corrected chi connectivity index (χ1v) is 7.62. The highest BCUT2D eigenvalue weighted by atomic mass is 32.1. The number of aromatic carboxylic acids is 1. The van der Waals surface area contributed by atoms with Crippen LogP contribution in [0.2, 0.25) is 0 Å². The second-order valence-corrected chi connectivity index (χ2v) is 5.52. The van der Waals surface area contributed by atoms with Gasteiger partial charge < -0.3 is 5.11 Å². The second kappa shape index (κ2) is 6.60. The molecule has 0 aromatic carbocycles. The van der Waals surface area contributed by atoms with E-state index in [0.717, 1.165) is 30.0 Å². The number of carbonyl (C=O) groups is 1. The molecule has 0 saturated heterocycles. The van der Waals surface area contributed by atoms with Gasteiger partial charge in [-0.05, 0) is 19.3 Å². The molecule has 0 aliphatic carbocycles. The van der Waals surface area contributed by atoms with Crippen LogP contribution in [-0.4, -0.2) is 31.1 Å². The highest BCUT2D eigenvalue weighted by molar-refractivity contribution is 7.09. The maximum Gasteiger partial charge on any atom is 0.358 e. The van der Waals surface area contributed by atoms with E-state index in [1.807, 2.05) is 12.3 Å². The van der Waals surface area contributed by atoms with E-state index < -0.39 is 5.97 Å². The van der Waals surface area contributed by atoms with E-state index in [1.165, 1.54) is 0 Å². The Balaban J connectivity index is 2.21. The lowest BCUT2D eigenvalue weighted by Gasteiger charge is -2.04. The van der Waals surface area contributed by atoms with Gasteiger partial charge >= 0.3 is 5.97 Å². The summed E-state index contributed by atoms with van der Waals surface area (Å²) in [5.74, 6) is -1.02. The smallest absolute Gasteiger partial charge is 0.358 e. The lowest BCUT2D eigenvalue weighted by Crippen LogP contribution is -2.09. The molecule has 2 aromatic heterocycles. The fourth-order valence-corrected chi connectivity index (χ4v) is 2.91. The predicted molar refractivity (Wildman–Crippen MR) is 76.2 cm³/mol. The molecule has 0 fully saturated rings. The number of rotatable bonds is 7. The Kier molecular flexibility index (Phi) is 4.84. The van der Waals surface area contributed by atoms with Crippen LogP contribution in [0.25, 0.3) is 0 Å². The third-order valence-electron chi connectivity index (χ3n) is 2.90. The summed E-state index contributed by atoms with van der Waals surface area (Å²) in [4.78, 5) is 15.7. The first-order chi connectivity index (χ1) is 9.65. The number of hydrogen-bond acceptors (Lipinski definition) is 5. The van der Waals surface area contributed by atoms with Crippen molar-refractivity contribution in [2.45, 2.75) is 46.1 Å². The van der Waals surface area contributed by atoms with Gasteiger partial charge in [0.15, 0.2) is 5.69 Å². The Morgan fingerprint density at radius 2 is 2.10 bits per heavy atom. The van der Waals surface area contributed by atoms with Crippen LogP contribution in [0.1, 0.15) is 53.6 Å². The van der Waals surface area contributed by atoms with E-state index in [9.17, 15) is 4.79 Å². The van der Waals surface area contributed by atoms with Gasteiger partial charge in [-0.25, -0.2) is 14.5 Å². The van der Waals surface area contributed by atoms with Crippen molar-refractivity contribution in [1.29, 1.82) is 0 Å². The van der Waals surface area contributed by atoms with E-state index in [0.29, 0.717) is 18.7 Å². The van der Waals surface area contributed by atoms with Crippen molar-refractivity contribution in [2.75, 3.05) is 0 Å². The molecule has 0 saturated carbocycles. The van der Waals surface area contributed by atoms with Gasteiger partial charge in [-0.3, -0.25) is 0 Å². The molecule has 0 radical (unpaired) electrons. The molecule has 2 heterocycles. The zero-order valence-electron chi connectivity index (χ0n) is 11.7. The molecule has 0 bridgehead atoms. The van der Waals surface area contributed by atoms with Crippen molar-refractivity contribution in [1.82, 2.24) is 20.0 Å². The van der Waals surface area contributed by atoms with Gasteiger partial charge in [-0.2, -0.15) is 0 Å². The summed E-state index contributed by atoms with van der Waals surface area (Å²) in [6, 6.07) is 0. The second-order valence-electron chi connectivity index (χ2n) is 4.58. The first kappa shape index (κ1) is 14.6. The Bertz CT molecular complexity index is 591. The number of thiazole rings is 1. The van der Waals surface area contributed by atoms with Crippen molar-refractivity contribution >= 4 is 17.3 Å². The highest BCUT2D eigenvalue weighted by Crippen LogP contribution is 2.15. The van der Waals surface area contributed by atoms with Gasteiger partial charge in [-0.15, -0.1) is 16.4 Å². The van der Waals surface area contributed by atoms with Gasteiger partial charge in [0.25, 0.3) is 0 Å². The molecule has 0 atom stereocenters. The van der Waals surface area contributed by atoms with Crippen molar-refractivity contribution in [3.8, 4) is 0 Å². The molecule has 0 amide bonds. The minimum Gasteiger partial charge on any atom is -0.476 e. The number of hydrogen-bond donors (Lipinski definition) is 1. The van der Waals surface area contributed by atoms with Crippen molar-refractivity contribution in [2.24, 2.45) is 0 Å². The largest absolute Gasteiger partial charge is 0.476 e. The summed E-state index contributed by atoms with van der Waals surface area (Å²) in [6.07, 6.45) is 3.55. The van der Waals surface area contributed by atoms with Crippen LogP contribution in [0.5, 0.6) is 0 Å². The summed E-state index contributed by atoms with van der Waals surface area (Å²) < 4.78 is 1.65. The van der Waals surface area contributed by atoms with E-state index in [1.54, 1.807) is 16.0 Å². The molecular weight excluding hydrogens is 276 g/mol. The zero-order chi connectivity index (χ0) is 14.5. The molecule has 0 aliphatic rings. The summed E-state index contributed by atoms with van der Waals surface area (Å²) in [7, 11) is 0. The first-order valence-electron chi connectivity index (χ1n) is 6.74. The molecule has 2 aromatic rings. The molecular formula is C13H18N4O2S. The van der Waals surface area contributed by atoms with Crippen LogP contribution < -0.4 is 0 Å². The Hall–Kier alpha value is -1.76. The van der Waals surface area contributed by atoms with Crippen LogP contribution in [0.15, 0.2) is 5.38 Å². The average molecular weight is 294 g/mol. The van der Waals surface area contributed by atoms with Crippen LogP contribution in [0.3, 0.4) is 0 Å². The Labute approximate surface area is 121 Å².